The van der Waals surface area contributed by atoms with Crippen LogP contribution in [-0.2, 0) is 12.8 Å². The number of halogens is 2. The fourth-order valence-electron chi connectivity index (χ4n) is 2.19. The molecule has 20 heavy (non-hydrogen) atoms. The second kappa shape index (κ2) is 6.82. The fraction of sp³-hybridized carbons (Fsp3) is 0.312. The van der Waals surface area contributed by atoms with E-state index in [4.69, 9.17) is 11.6 Å². The second-order valence-corrected chi connectivity index (χ2v) is 5.10. The van der Waals surface area contributed by atoms with Crippen LogP contribution in [0.2, 0.25) is 5.02 Å². The molecule has 0 aliphatic heterocycles. The van der Waals surface area contributed by atoms with Gasteiger partial charge in [0.1, 0.15) is 5.82 Å². The molecular weight excluding hydrogens is 275 g/mol. The molecule has 2 rings (SSSR count). The number of pyridine rings is 1. The van der Waals surface area contributed by atoms with Gasteiger partial charge in [-0.2, -0.15) is 0 Å². The van der Waals surface area contributed by atoms with Gasteiger partial charge in [-0.05, 0) is 37.2 Å². The summed E-state index contributed by atoms with van der Waals surface area (Å²) in [5, 5.41) is 3.55. The highest BCUT2D eigenvalue weighted by molar-refractivity contribution is 6.31. The van der Waals surface area contributed by atoms with Crippen LogP contribution < -0.4 is 5.32 Å². The highest BCUT2D eigenvalue weighted by Gasteiger charge is 2.18. The van der Waals surface area contributed by atoms with Crippen molar-refractivity contribution < 1.29 is 4.39 Å². The van der Waals surface area contributed by atoms with Gasteiger partial charge >= 0.3 is 0 Å². The molecule has 0 saturated heterocycles. The van der Waals surface area contributed by atoms with Crippen molar-refractivity contribution in [2.24, 2.45) is 0 Å². The number of aromatic nitrogens is 1. The van der Waals surface area contributed by atoms with Gasteiger partial charge in [0.2, 0.25) is 0 Å². The van der Waals surface area contributed by atoms with E-state index in [9.17, 15) is 4.39 Å². The summed E-state index contributed by atoms with van der Waals surface area (Å²) in [6.45, 7) is 2.09. The van der Waals surface area contributed by atoms with Crippen LogP contribution in [0.1, 0.15) is 29.8 Å². The minimum atomic E-state index is -0.290. The highest BCUT2D eigenvalue weighted by atomic mass is 35.5. The Morgan fingerprint density at radius 3 is 2.65 bits per heavy atom. The first-order chi connectivity index (χ1) is 9.65. The Balaban J connectivity index is 2.24. The van der Waals surface area contributed by atoms with Crippen LogP contribution in [-0.4, -0.2) is 12.0 Å². The van der Waals surface area contributed by atoms with Gasteiger partial charge in [0.25, 0.3) is 0 Å². The van der Waals surface area contributed by atoms with Gasteiger partial charge in [-0.3, -0.25) is 4.98 Å². The van der Waals surface area contributed by atoms with E-state index in [0.717, 1.165) is 12.1 Å². The van der Waals surface area contributed by atoms with Crippen molar-refractivity contribution in [2.45, 2.75) is 25.8 Å². The van der Waals surface area contributed by atoms with E-state index in [1.54, 1.807) is 19.2 Å². The largest absolute Gasteiger partial charge is 0.313 e. The van der Waals surface area contributed by atoms with E-state index in [0.29, 0.717) is 17.0 Å². The third-order valence-corrected chi connectivity index (χ3v) is 3.73. The van der Waals surface area contributed by atoms with Crippen LogP contribution in [0.15, 0.2) is 36.5 Å². The number of nitrogens with one attached hydrogen (secondary N) is 1. The molecule has 0 bridgehead atoms. The lowest BCUT2D eigenvalue weighted by molar-refractivity contribution is 0.530. The smallest absolute Gasteiger partial charge is 0.129 e. The molecule has 0 aliphatic carbocycles. The summed E-state index contributed by atoms with van der Waals surface area (Å²) in [6.07, 6.45) is 3.42. The molecular formula is C16H18ClFN2. The SMILES string of the molecule is CCc1ccc(CC(NC)c2c(F)cccc2Cl)nc1. The van der Waals surface area contributed by atoms with E-state index >= 15 is 0 Å². The summed E-state index contributed by atoms with van der Waals surface area (Å²) in [6, 6.07) is 8.60. The zero-order valence-electron chi connectivity index (χ0n) is 11.7. The van der Waals surface area contributed by atoms with Gasteiger partial charge in [0.05, 0.1) is 0 Å². The molecule has 0 amide bonds. The Kier molecular flexibility index (Phi) is 5.10. The first-order valence-corrected chi connectivity index (χ1v) is 7.08. The van der Waals surface area contributed by atoms with Crippen molar-refractivity contribution in [3.8, 4) is 0 Å². The van der Waals surface area contributed by atoms with Gasteiger partial charge in [-0.1, -0.05) is 30.7 Å². The van der Waals surface area contributed by atoms with Crippen LogP contribution in [0.3, 0.4) is 0 Å². The Morgan fingerprint density at radius 1 is 1.30 bits per heavy atom. The first-order valence-electron chi connectivity index (χ1n) is 6.70. The lowest BCUT2D eigenvalue weighted by Gasteiger charge is -2.18. The first kappa shape index (κ1) is 14.9. The zero-order chi connectivity index (χ0) is 14.5. The summed E-state index contributed by atoms with van der Waals surface area (Å²) in [4.78, 5) is 4.42. The van der Waals surface area contributed by atoms with Crippen molar-refractivity contribution in [1.29, 1.82) is 0 Å². The Bertz CT molecular complexity index is 549. The predicted molar refractivity (Wildman–Crippen MR) is 80.5 cm³/mol. The molecule has 1 aromatic heterocycles. The molecule has 0 fully saturated rings. The molecule has 106 valence electrons. The summed E-state index contributed by atoms with van der Waals surface area (Å²) in [7, 11) is 1.80. The number of rotatable bonds is 5. The maximum absolute atomic E-state index is 14.0. The predicted octanol–water partition coefficient (Wildman–Crippen LogP) is 3.94. The highest BCUT2D eigenvalue weighted by Crippen LogP contribution is 2.27. The molecule has 1 aromatic carbocycles. The number of nitrogens with zero attached hydrogens (tertiary/aromatic N) is 1. The lowest BCUT2D eigenvalue weighted by Crippen LogP contribution is -2.21. The minimum absolute atomic E-state index is 0.191. The van der Waals surface area contributed by atoms with Gasteiger partial charge in [0, 0.05) is 34.9 Å². The average molecular weight is 293 g/mol. The van der Waals surface area contributed by atoms with E-state index in [1.807, 2.05) is 12.3 Å². The monoisotopic (exact) mass is 292 g/mol. The van der Waals surface area contributed by atoms with E-state index < -0.39 is 0 Å². The van der Waals surface area contributed by atoms with Gasteiger partial charge in [-0.15, -0.1) is 0 Å². The van der Waals surface area contributed by atoms with Crippen molar-refractivity contribution in [3.05, 3.63) is 64.2 Å². The molecule has 1 heterocycles. The lowest BCUT2D eigenvalue weighted by atomic mass is 10.0. The maximum atomic E-state index is 14.0. The number of hydrogen-bond acceptors (Lipinski definition) is 2. The summed E-state index contributed by atoms with van der Waals surface area (Å²) in [5.74, 6) is -0.290. The van der Waals surface area contributed by atoms with Crippen LogP contribution in [0, 0.1) is 5.82 Å². The minimum Gasteiger partial charge on any atom is -0.313 e. The fourth-order valence-corrected chi connectivity index (χ4v) is 2.48. The molecule has 0 aliphatic rings. The number of benzene rings is 1. The molecule has 0 saturated carbocycles. The van der Waals surface area contributed by atoms with Gasteiger partial charge in [0.15, 0.2) is 0 Å². The average Bonchev–Trinajstić information content (AvgIpc) is 2.46. The standard InChI is InChI=1S/C16H18ClFN2/c1-3-11-7-8-12(20-10-11)9-15(19-2)16-13(17)5-4-6-14(16)18/h4-8,10,15,19H,3,9H2,1-2H3. The van der Waals surface area contributed by atoms with Crippen molar-refractivity contribution in [2.75, 3.05) is 7.05 Å². The quantitative estimate of drug-likeness (QED) is 0.903. The zero-order valence-corrected chi connectivity index (χ0v) is 12.4. The second-order valence-electron chi connectivity index (χ2n) is 4.69. The molecule has 0 spiro atoms. The molecule has 2 nitrogen and oxygen atoms in total. The van der Waals surface area contributed by atoms with Crippen LogP contribution in [0.5, 0.6) is 0 Å². The summed E-state index contributed by atoms with van der Waals surface area (Å²) >= 11 is 6.12. The molecule has 1 N–H and O–H groups in total. The summed E-state index contributed by atoms with van der Waals surface area (Å²) < 4.78 is 14.0. The van der Waals surface area contributed by atoms with Crippen LogP contribution in [0.25, 0.3) is 0 Å². The third kappa shape index (κ3) is 3.35. The molecule has 0 radical (unpaired) electrons. The van der Waals surface area contributed by atoms with Crippen molar-refractivity contribution in [1.82, 2.24) is 10.3 Å². The maximum Gasteiger partial charge on any atom is 0.129 e. The topological polar surface area (TPSA) is 24.9 Å². The summed E-state index contributed by atoms with van der Waals surface area (Å²) in [5.41, 5.74) is 2.61. The van der Waals surface area contributed by atoms with E-state index in [1.165, 1.54) is 11.6 Å². The molecule has 1 atom stereocenters. The van der Waals surface area contributed by atoms with E-state index in [-0.39, 0.29) is 11.9 Å². The Hall–Kier alpha value is -1.45. The molecule has 2 aromatic rings. The molecule has 1 unspecified atom stereocenters. The van der Waals surface area contributed by atoms with Gasteiger partial charge < -0.3 is 5.32 Å². The van der Waals surface area contributed by atoms with Crippen LogP contribution >= 0.6 is 11.6 Å². The number of aryl methyl sites for hydroxylation is 1. The number of hydrogen-bond donors (Lipinski definition) is 1. The van der Waals surface area contributed by atoms with Crippen LogP contribution in [0.4, 0.5) is 4.39 Å². The van der Waals surface area contributed by atoms with Crippen molar-refractivity contribution in [3.63, 3.8) is 0 Å². The van der Waals surface area contributed by atoms with E-state index in [2.05, 4.69) is 23.3 Å². The third-order valence-electron chi connectivity index (χ3n) is 3.40. The molecule has 4 heteroatoms. The Morgan fingerprint density at radius 2 is 2.10 bits per heavy atom. The number of likely N-dealkylation sites (N-methyl/N-ethyl adjacent to an activating group) is 1. The van der Waals surface area contributed by atoms with Crippen molar-refractivity contribution >= 4 is 11.6 Å². The normalized spacial score (nSPS) is 12.4. The Labute approximate surface area is 124 Å². The van der Waals surface area contributed by atoms with Gasteiger partial charge in [-0.25, -0.2) is 4.39 Å².